The van der Waals surface area contributed by atoms with Crippen LogP contribution in [0.25, 0.3) is 0 Å². The molecule has 3 amide bonds. The van der Waals surface area contributed by atoms with Crippen molar-refractivity contribution in [1.82, 2.24) is 15.1 Å². The molecule has 174 valence electrons. The number of hydrogen-bond donors (Lipinski definition) is 1. The van der Waals surface area contributed by atoms with Gasteiger partial charge >= 0.3 is 6.09 Å². The first-order valence-corrected chi connectivity index (χ1v) is 11.5. The zero-order chi connectivity index (χ0) is 23.6. The van der Waals surface area contributed by atoms with Crippen LogP contribution in [0.5, 0.6) is 0 Å². The van der Waals surface area contributed by atoms with Gasteiger partial charge in [-0.1, -0.05) is 42.5 Å². The van der Waals surface area contributed by atoms with Crippen LogP contribution in [0.15, 0.2) is 54.6 Å². The quantitative estimate of drug-likeness (QED) is 0.698. The Labute approximate surface area is 194 Å². The van der Waals surface area contributed by atoms with E-state index in [4.69, 9.17) is 4.74 Å². The topological polar surface area (TPSA) is 79.0 Å². The maximum atomic E-state index is 12.9. The number of carbonyl (C=O) groups excluding carboxylic acids is 3. The van der Waals surface area contributed by atoms with Gasteiger partial charge in [-0.05, 0) is 51.3 Å². The van der Waals surface area contributed by atoms with Crippen LogP contribution in [0, 0.1) is 0 Å². The summed E-state index contributed by atoms with van der Waals surface area (Å²) >= 11 is 0. The van der Waals surface area contributed by atoms with Gasteiger partial charge in [0.1, 0.15) is 5.60 Å². The molecule has 1 N–H and O–H groups in total. The summed E-state index contributed by atoms with van der Waals surface area (Å²) in [5.74, 6) is -0.504. The van der Waals surface area contributed by atoms with E-state index < -0.39 is 5.60 Å². The van der Waals surface area contributed by atoms with E-state index >= 15 is 0 Å². The van der Waals surface area contributed by atoms with Crippen LogP contribution in [0.2, 0.25) is 0 Å². The minimum Gasteiger partial charge on any atom is -0.444 e. The number of rotatable bonds is 5. The number of piperidine rings is 1. The van der Waals surface area contributed by atoms with Gasteiger partial charge in [0.05, 0.1) is 17.2 Å². The van der Waals surface area contributed by atoms with Crippen molar-refractivity contribution in [3.63, 3.8) is 0 Å². The summed E-state index contributed by atoms with van der Waals surface area (Å²) in [5, 5.41) is 3.65. The van der Waals surface area contributed by atoms with Gasteiger partial charge in [0.25, 0.3) is 11.8 Å². The molecule has 0 bridgehead atoms. The van der Waals surface area contributed by atoms with Crippen LogP contribution in [-0.2, 0) is 4.74 Å². The van der Waals surface area contributed by atoms with Crippen molar-refractivity contribution in [2.24, 2.45) is 0 Å². The predicted molar refractivity (Wildman–Crippen MR) is 125 cm³/mol. The zero-order valence-electron chi connectivity index (χ0n) is 19.4. The molecule has 33 heavy (non-hydrogen) atoms. The number of ether oxygens (including phenoxy) is 1. The number of amides is 3. The fourth-order valence-corrected chi connectivity index (χ4v) is 4.37. The molecule has 2 aromatic rings. The van der Waals surface area contributed by atoms with E-state index in [9.17, 15) is 14.4 Å². The van der Waals surface area contributed by atoms with Crippen LogP contribution in [-0.4, -0.2) is 59.0 Å². The SMILES string of the molecule is CC(C)(C)OC(=O)N1CCC(NC(CN2C(=O)c3ccccc3C2=O)c2ccccc2)CC1. The van der Waals surface area contributed by atoms with Crippen molar-refractivity contribution in [2.75, 3.05) is 19.6 Å². The van der Waals surface area contributed by atoms with Crippen molar-refractivity contribution < 1.29 is 19.1 Å². The number of nitrogens with zero attached hydrogens (tertiary/aromatic N) is 2. The summed E-state index contributed by atoms with van der Waals surface area (Å²) in [6.45, 7) is 7.04. The van der Waals surface area contributed by atoms with Crippen LogP contribution in [0.1, 0.15) is 65.9 Å². The predicted octanol–water partition coefficient (Wildman–Crippen LogP) is 4.01. The highest BCUT2D eigenvalue weighted by molar-refractivity contribution is 6.21. The lowest BCUT2D eigenvalue weighted by Crippen LogP contribution is -2.49. The summed E-state index contributed by atoms with van der Waals surface area (Å²) < 4.78 is 5.49. The highest BCUT2D eigenvalue weighted by atomic mass is 16.6. The number of hydrogen-bond acceptors (Lipinski definition) is 5. The van der Waals surface area contributed by atoms with Crippen LogP contribution < -0.4 is 5.32 Å². The minimum absolute atomic E-state index is 0.157. The lowest BCUT2D eigenvalue weighted by atomic mass is 10.0. The molecular weight excluding hydrogens is 418 g/mol. The Morgan fingerprint density at radius 1 is 0.970 bits per heavy atom. The molecule has 0 radical (unpaired) electrons. The molecule has 0 aromatic heterocycles. The molecule has 0 saturated carbocycles. The van der Waals surface area contributed by atoms with E-state index in [1.165, 1.54) is 4.90 Å². The normalized spacial score (nSPS) is 17.8. The Morgan fingerprint density at radius 3 is 2.06 bits per heavy atom. The third-order valence-corrected chi connectivity index (χ3v) is 6.03. The highest BCUT2D eigenvalue weighted by Gasteiger charge is 2.37. The molecule has 1 saturated heterocycles. The molecule has 2 aliphatic rings. The Bertz CT molecular complexity index is 988. The third kappa shape index (κ3) is 5.25. The van der Waals surface area contributed by atoms with Gasteiger partial charge in [0.15, 0.2) is 0 Å². The van der Waals surface area contributed by atoms with E-state index in [0.717, 1.165) is 18.4 Å². The Hall–Kier alpha value is -3.19. The number of nitrogens with one attached hydrogen (secondary N) is 1. The monoisotopic (exact) mass is 449 g/mol. The molecule has 7 heteroatoms. The number of imide groups is 1. The Balaban J connectivity index is 1.44. The molecule has 1 atom stereocenters. The summed E-state index contributed by atoms with van der Waals surface area (Å²) in [6, 6.07) is 16.8. The molecule has 1 unspecified atom stereocenters. The molecule has 4 rings (SSSR count). The smallest absolute Gasteiger partial charge is 0.410 e. The van der Waals surface area contributed by atoms with Crippen molar-refractivity contribution in [3.05, 3.63) is 71.3 Å². The lowest BCUT2D eigenvalue weighted by molar-refractivity contribution is 0.0192. The first-order valence-electron chi connectivity index (χ1n) is 11.5. The molecule has 1 fully saturated rings. The van der Waals surface area contributed by atoms with Gasteiger partial charge < -0.3 is 15.0 Å². The zero-order valence-corrected chi connectivity index (χ0v) is 19.4. The van der Waals surface area contributed by atoms with Gasteiger partial charge in [-0.25, -0.2) is 4.79 Å². The average molecular weight is 450 g/mol. The number of benzene rings is 2. The summed E-state index contributed by atoms with van der Waals surface area (Å²) in [5.41, 5.74) is 1.42. The summed E-state index contributed by atoms with van der Waals surface area (Å²) in [6.07, 6.45) is 1.25. The molecular formula is C26H31N3O4. The van der Waals surface area contributed by atoms with E-state index in [-0.39, 0.29) is 36.5 Å². The summed E-state index contributed by atoms with van der Waals surface area (Å²) in [4.78, 5) is 41.3. The molecule has 2 heterocycles. The van der Waals surface area contributed by atoms with E-state index in [1.54, 1.807) is 29.2 Å². The second-order valence-corrected chi connectivity index (χ2v) is 9.64. The fourth-order valence-electron chi connectivity index (χ4n) is 4.37. The average Bonchev–Trinajstić information content (AvgIpc) is 3.03. The first kappa shape index (κ1) is 23.0. The van der Waals surface area contributed by atoms with Gasteiger partial charge in [0, 0.05) is 25.7 Å². The molecule has 2 aromatic carbocycles. The van der Waals surface area contributed by atoms with Crippen LogP contribution in [0.3, 0.4) is 0 Å². The largest absolute Gasteiger partial charge is 0.444 e. The van der Waals surface area contributed by atoms with E-state index in [0.29, 0.717) is 24.2 Å². The number of likely N-dealkylation sites (tertiary alicyclic amines) is 1. The van der Waals surface area contributed by atoms with Crippen molar-refractivity contribution >= 4 is 17.9 Å². The summed E-state index contributed by atoms with van der Waals surface area (Å²) in [7, 11) is 0. The molecule has 2 aliphatic heterocycles. The van der Waals surface area contributed by atoms with E-state index in [1.807, 2.05) is 51.1 Å². The maximum Gasteiger partial charge on any atom is 0.410 e. The van der Waals surface area contributed by atoms with Crippen molar-refractivity contribution in [2.45, 2.75) is 51.3 Å². The fraction of sp³-hybridized carbons (Fsp3) is 0.423. The Kier molecular flexibility index (Phi) is 6.51. The third-order valence-electron chi connectivity index (χ3n) is 6.03. The van der Waals surface area contributed by atoms with E-state index in [2.05, 4.69) is 5.32 Å². The van der Waals surface area contributed by atoms with Gasteiger partial charge in [-0.2, -0.15) is 0 Å². The minimum atomic E-state index is -0.517. The lowest BCUT2D eigenvalue weighted by Gasteiger charge is -2.36. The van der Waals surface area contributed by atoms with Gasteiger partial charge in [-0.3, -0.25) is 14.5 Å². The van der Waals surface area contributed by atoms with Gasteiger partial charge in [-0.15, -0.1) is 0 Å². The molecule has 7 nitrogen and oxygen atoms in total. The number of fused-ring (bicyclic) bond motifs is 1. The van der Waals surface area contributed by atoms with Crippen molar-refractivity contribution in [3.8, 4) is 0 Å². The van der Waals surface area contributed by atoms with Gasteiger partial charge in [0.2, 0.25) is 0 Å². The van der Waals surface area contributed by atoms with Crippen LogP contribution >= 0.6 is 0 Å². The highest BCUT2D eigenvalue weighted by Crippen LogP contribution is 2.26. The molecule has 0 spiro atoms. The number of carbonyl (C=O) groups is 3. The maximum absolute atomic E-state index is 12.9. The van der Waals surface area contributed by atoms with Crippen LogP contribution in [0.4, 0.5) is 4.79 Å². The standard InChI is InChI=1S/C26H31N3O4/c1-26(2,3)33-25(32)28-15-13-19(14-16-28)27-22(18-9-5-4-6-10-18)17-29-23(30)20-11-7-8-12-21(20)24(29)31/h4-12,19,22,27H,13-17H2,1-3H3. The second kappa shape index (κ2) is 9.35. The van der Waals surface area contributed by atoms with Crippen molar-refractivity contribution in [1.29, 1.82) is 0 Å². The Morgan fingerprint density at radius 2 is 1.52 bits per heavy atom. The first-order chi connectivity index (χ1) is 15.7. The molecule has 0 aliphatic carbocycles. The second-order valence-electron chi connectivity index (χ2n) is 9.64.